The number of benzene rings is 2. The van der Waals surface area contributed by atoms with Crippen LogP contribution in [0.1, 0.15) is 13.3 Å². The van der Waals surface area contributed by atoms with Crippen LogP contribution in [0.3, 0.4) is 0 Å². The summed E-state index contributed by atoms with van der Waals surface area (Å²) in [4.78, 5) is 8.73. The minimum Gasteiger partial charge on any atom is -0.507 e. The summed E-state index contributed by atoms with van der Waals surface area (Å²) in [5.41, 5.74) is 8.11. The van der Waals surface area contributed by atoms with Crippen LogP contribution in [0.2, 0.25) is 0 Å². The van der Waals surface area contributed by atoms with Gasteiger partial charge in [-0.15, -0.1) is 0 Å². The quantitative estimate of drug-likeness (QED) is 0.628. The largest absolute Gasteiger partial charge is 0.507 e. The lowest BCUT2D eigenvalue weighted by Gasteiger charge is -2.12. The normalized spacial score (nSPS) is 12.0. The van der Waals surface area contributed by atoms with E-state index in [0.717, 1.165) is 17.5 Å². The Bertz CT molecular complexity index is 883. The zero-order valence-electron chi connectivity index (χ0n) is 14.5. The number of phenols is 1. The lowest BCUT2D eigenvalue weighted by molar-refractivity contribution is 0.477. The Morgan fingerprint density at radius 3 is 2.58 bits per heavy atom. The number of rotatable bonds is 6. The van der Waals surface area contributed by atoms with E-state index in [9.17, 15) is 9.50 Å². The molecule has 1 heterocycles. The zero-order valence-corrected chi connectivity index (χ0v) is 14.5. The molecule has 0 radical (unpaired) electrons. The number of hydrogen-bond donors (Lipinski definition) is 3. The molecule has 3 rings (SSSR count). The standard InChI is InChI=1S/C20H21FN4O/c1-2-16(22)12-24-19-9-10-23-20(25-19)17-11-14(5-8-18(17)26)13-3-6-15(21)7-4-13/h3-11,16,26H,2,12,22H2,1H3,(H,23,24,25)/t16-/m1/s1. The SMILES string of the molecule is CC[C@@H](N)CNc1ccnc(-c2cc(-c3ccc(F)cc3)ccc2O)n1. The maximum Gasteiger partial charge on any atom is 0.165 e. The van der Waals surface area contributed by atoms with Crippen molar-refractivity contribution in [3.63, 3.8) is 0 Å². The van der Waals surface area contributed by atoms with Crippen molar-refractivity contribution < 1.29 is 9.50 Å². The number of anilines is 1. The molecule has 0 amide bonds. The summed E-state index contributed by atoms with van der Waals surface area (Å²) < 4.78 is 13.1. The van der Waals surface area contributed by atoms with E-state index >= 15 is 0 Å². The monoisotopic (exact) mass is 352 g/mol. The Morgan fingerprint density at radius 2 is 1.85 bits per heavy atom. The molecule has 4 N–H and O–H groups in total. The molecule has 0 fully saturated rings. The Hall–Kier alpha value is -2.99. The molecule has 3 aromatic rings. The van der Waals surface area contributed by atoms with Crippen molar-refractivity contribution >= 4 is 5.82 Å². The summed E-state index contributed by atoms with van der Waals surface area (Å²) >= 11 is 0. The Labute approximate surface area is 151 Å². The number of halogens is 1. The molecule has 0 unspecified atom stereocenters. The molecule has 1 aromatic heterocycles. The van der Waals surface area contributed by atoms with Crippen molar-refractivity contribution in [1.82, 2.24) is 9.97 Å². The molecule has 0 saturated carbocycles. The van der Waals surface area contributed by atoms with Gasteiger partial charge in [0.15, 0.2) is 5.82 Å². The van der Waals surface area contributed by atoms with Crippen LogP contribution in [0.15, 0.2) is 54.7 Å². The fourth-order valence-electron chi connectivity index (χ4n) is 2.50. The molecule has 1 atom stereocenters. The highest BCUT2D eigenvalue weighted by molar-refractivity contribution is 5.74. The average molecular weight is 352 g/mol. The van der Waals surface area contributed by atoms with Gasteiger partial charge in [0.05, 0.1) is 5.56 Å². The zero-order chi connectivity index (χ0) is 18.5. The summed E-state index contributed by atoms with van der Waals surface area (Å²) in [6.45, 7) is 2.63. The first-order valence-corrected chi connectivity index (χ1v) is 8.48. The van der Waals surface area contributed by atoms with Crippen LogP contribution in [0, 0.1) is 5.82 Å². The van der Waals surface area contributed by atoms with Crippen LogP contribution in [0.25, 0.3) is 22.5 Å². The highest BCUT2D eigenvalue weighted by Crippen LogP contribution is 2.32. The van der Waals surface area contributed by atoms with Crippen LogP contribution < -0.4 is 11.1 Å². The van der Waals surface area contributed by atoms with Crippen LogP contribution in [-0.2, 0) is 0 Å². The number of nitrogens with one attached hydrogen (secondary N) is 1. The van der Waals surface area contributed by atoms with Gasteiger partial charge in [0.25, 0.3) is 0 Å². The summed E-state index contributed by atoms with van der Waals surface area (Å²) in [5, 5.41) is 13.4. The number of nitrogens with two attached hydrogens (primary N) is 1. The second-order valence-electron chi connectivity index (χ2n) is 6.05. The van der Waals surface area contributed by atoms with E-state index in [-0.39, 0.29) is 17.6 Å². The lowest BCUT2D eigenvalue weighted by Crippen LogP contribution is -2.28. The molecule has 0 aliphatic heterocycles. The molecule has 6 heteroatoms. The van der Waals surface area contributed by atoms with Gasteiger partial charge in [-0.1, -0.05) is 25.1 Å². The second-order valence-corrected chi connectivity index (χ2v) is 6.05. The van der Waals surface area contributed by atoms with Gasteiger partial charge in [-0.05, 0) is 47.9 Å². The molecule has 0 aliphatic rings. The molecule has 5 nitrogen and oxygen atoms in total. The first-order chi connectivity index (χ1) is 12.6. The highest BCUT2D eigenvalue weighted by Gasteiger charge is 2.11. The van der Waals surface area contributed by atoms with Crippen molar-refractivity contribution in [3.05, 3.63) is 60.5 Å². The summed E-state index contributed by atoms with van der Waals surface area (Å²) in [5.74, 6) is 0.838. The Morgan fingerprint density at radius 1 is 1.12 bits per heavy atom. The van der Waals surface area contributed by atoms with Crippen LogP contribution >= 0.6 is 0 Å². The van der Waals surface area contributed by atoms with Crippen molar-refractivity contribution in [1.29, 1.82) is 0 Å². The molecule has 0 spiro atoms. The van der Waals surface area contributed by atoms with E-state index in [1.807, 2.05) is 6.92 Å². The number of nitrogens with zero attached hydrogens (tertiary/aromatic N) is 2. The van der Waals surface area contributed by atoms with Crippen LogP contribution in [0.5, 0.6) is 5.75 Å². The first kappa shape index (κ1) is 17.8. The van der Waals surface area contributed by atoms with Gasteiger partial charge in [0.2, 0.25) is 0 Å². The number of aromatic nitrogens is 2. The third kappa shape index (κ3) is 4.15. The molecular formula is C20H21FN4O. The number of hydrogen-bond acceptors (Lipinski definition) is 5. The predicted molar refractivity (Wildman–Crippen MR) is 101 cm³/mol. The predicted octanol–water partition coefficient (Wildman–Crippen LogP) is 3.80. The number of phenolic OH excluding ortho intramolecular Hbond substituents is 1. The van der Waals surface area contributed by atoms with Crippen LogP contribution in [0.4, 0.5) is 10.2 Å². The second kappa shape index (κ2) is 7.93. The molecule has 0 aliphatic carbocycles. The van der Waals surface area contributed by atoms with Gasteiger partial charge in [-0.3, -0.25) is 0 Å². The van der Waals surface area contributed by atoms with E-state index in [1.54, 1.807) is 42.6 Å². The smallest absolute Gasteiger partial charge is 0.165 e. The Balaban J connectivity index is 1.91. The molecule has 2 aromatic carbocycles. The van der Waals surface area contributed by atoms with Gasteiger partial charge < -0.3 is 16.2 Å². The van der Waals surface area contributed by atoms with Crippen molar-refractivity contribution in [2.45, 2.75) is 19.4 Å². The molecule has 0 saturated heterocycles. The van der Waals surface area contributed by atoms with Crippen molar-refractivity contribution in [2.75, 3.05) is 11.9 Å². The third-order valence-electron chi connectivity index (χ3n) is 4.14. The third-order valence-corrected chi connectivity index (χ3v) is 4.14. The van der Waals surface area contributed by atoms with Gasteiger partial charge in [-0.2, -0.15) is 0 Å². The van der Waals surface area contributed by atoms with Crippen LogP contribution in [-0.4, -0.2) is 27.7 Å². The minimum absolute atomic E-state index is 0.0450. The van der Waals surface area contributed by atoms with E-state index in [4.69, 9.17) is 5.73 Å². The molecule has 0 bridgehead atoms. The molecular weight excluding hydrogens is 331 g/mol. The molecule has 26 heavy (non-hydrogen) atoms. The van der Waals surface area contributed by atoms with E-state index < -0.39 is 0 Å². The summed E-state index contributed by atoms with van der Waals surface area (Å²) in [7, 11) is 0. The lowest BCUT2D eigenvalue weighted by atomic mass is 10.0. The summed E-state index contributed by atoms with van der Waals surface area (Å²) in [6, 6.07) is 13.1. The number of aromatic hydroxyl groups is 1. The topological polar surface area (TPSA) is 84.1 Å². The average Bonchev–Trinajstić information content (AvgIpc) is 2.67. The van der Waals surface area contributed by atoms with Crippen molar-refractivity contribution in [2.24, 2.45) is 5.73 Å². The van der Waals surface area contributed by atoms with Gasteiger partial charge in [0, 0.05) is 18.8 Å². The van der Waals surface area contributed by atoms with Gasteiger partial charge in [-0.25, -0.2) is 14.4 Å². The maximum atomic E-state index is 13.1. The molecule has 134 valence electrons. The van der Waals surface area contributed by atoms with E-state index in [1.165, 1.54) is 12.1 Å². The fourth-order valence-corrected chi connectivity index (χ4v) is 2.50. The fraction of sp³-hybridized carbons (Fsp3) is 0.200. The maximum absolute atomic E-state index is 13.1. The van der Waals surface area contributed by atoms with E-state index in [2.05, 4.69) is 15.3 Å². The van der Waals surface area contributed by atoms with Gasteiger partial charge in [0.1, 0.15) is 17.4 Å². The first-order valence-electron chi connectivity index (χ1n) is 8.48. The van der Waals surface area contributed by atoms with Gasteiger partial charge >= 0.3 is 0 Å². The Kier molecular flexibility index (Phi) is 5.43. The van der Waals surface area contributed by atoms with Crippen molar-refractivity contribution in [3.8, 4) is 28.3 Å². The highest BCUT2D eigenvalue weighted by atomic mass is 19.1. The summed E-state index contributed by atoms with van der Waals surface area (Å²) in [6.07, 6.45) is 2.50. The minimum atomic E-state index is -0.292. The van der Waals surface area contributed by atoms with E-state index in [0.29, 0.717) is 23.8 Å².